The maximum Gasteiger partial charge on any atom is 0.101 e. The first-order chi connectivity index (χ1) is 5.75. The highest BCUT2D eigenvalue weighted by molar-refractivity contribution is 7.10. The van der Waals surface area contributed by atoms with Crippen molar-refractivity contribution >= 4 is 22.7 Å². The molecule has 12 heavy (non-hydrogen) atoms. The number of nitrogens with zero attached hydrogens (tertiary/aromatic N) is 2. The zero-order valence-electron chi connectivity index (χ0n) is 6.87. The lowest BCUT2D eigenvalue weighted by molar-refractivity contribution is 1.24. The quantitative estimate of drug-likeness (QED) is 0.701. The minimum atomic E-state index is 1.00. The summed E-state index contributed by atoms with van der Waals surface area (Å²) in [4.78, 5) is 8.71. The molecule has 4 heteroatoms. The molecule has 0 aliphatic carbocycles. The number of hydrogen-bond acceptors (Lipinski definition) is 4. The summed E-state index contributed by atoms with van der Waals surface area (Å²) in [5.74, 6) is 0. The summed E-state index contributed by atoms with van der Waals surface area (Å²) in [6, 6.07) is 0. The molecule has 0 N–H and O–H groups in total. The molecular formula is C8H8N2S2. The molecule has 0 saturated heterocycles. The molecule has 0 atom stereocenters. The summed E-state index contributed by atoms with van der Waals surface area (Å²) in [6.45, 7) is 4.01. The topological polar surface area (TPSA) is 25.8 Å². The van der Waals surface area contributed by atoms with Crippen LogP contribution in [0.1, 0.15) is 10.0 Å². The van der Waals surface area contributed by atoms with Crippen molar-refractivity contribution in [2.45, 2.75) is 13.8 Å². The van der Waals surface area contributed by atoms with E-state index in [0.717, 1.165) is 21.4 Å². The van der Waals surface area contributed by atoms with E-state index in [1.807, 2.05) is 24.6 Å². The van der Waals surface area contributed by atoms with Crippen LogP contribution in [0.3, 0.4) is 0 Å². The largest absolute Gasteiger partial charge is 0.240 e. The first kappa shape index (κ1) is 7.89. The van der Waals surface area contributed by atoms with Gasteiger partial charge in [0.1, 0.15) is 11.4 Å². The van der Waals surface area contributed by atoms with Crippen molar-refractivity contribution in [3.8, 4) is 11.4 Å². The minimum absolute atomic E-state index is 1.00. The van der Waals surface area contributed by atoms with Crippen LogP contribution in [-0.2, 0) is 0 Å². The molecule has 0 unspecified atom stereocenters. The van der Waals surface area contributed by atoms with E-state index in [-0.39, 0.29) is 0 Å². The monoisotopic (exact) mass is 196 g/mol. The fourth-order valence-corrected chi connectivity index (χ4v) is 2.18. The highest BCUT2D eigenvalue weighted by Crippen LogP contribution is 2.22. The van der Waals surface area contributed by atoms with Crippen molar-refractivity contribution in [2.24, 2.45) is 0 Å². The average Bonchev–Trinajstić information content (AvgIpc) is 2.58. The summed E-state index contributed by atoms with van der Waals surface area (Å²) in [6.07, 6.45) is 0. The molecule has 0 aliphatic heterocycles. The van der Waals surface area contributed by atoms with E-state index in [1.54, 1.807) is 22.7 Å². The SMILES string of the molecule is Cc1nc(-c2csc(C)n2)cs1. The molecular weight excluding hydrogens is 188 g/mol. The van der Waals surface area contributed by atoms with Gasteiger partial charge in [0.05, 0.1) is 10.0 Å². The van der Waals surface area contributed by atoms with E-state index < -0.39 is 0 Å². The molecule has 0 saturated carbocycles. The Balaban J connectivity index is 2.43. The molecule has 2 rings (SSSR count). The third-order valence-corrected chi connectivity index (χ3v) is 3.05. The summed E-state index contributed by atoms with van der Waals surface area (Å²) in [7, 11) is 0. The normalized spacial score (nSPS) is 10.5. The van der Waals surface area contributed by atoms with Gasteiger partial charge in [-0.2, -0.15) is 0 Å². The lowest BCUT2D eigenvalue weighted by Gasteiger charge is -1.85. The van der Waals surface area contributed by atoms with Gasteiger partial charge in [-0.1, -0.05) is 0 Å². The fourth-order valence-electron chi connectivity index (χ4n) is 0.962. The van der Waals surface area contributed by atoms with Gasteiger partial charge in [0.2, 0.25) is 0 Å². The summed E-state index contributed by atoms with van der Waals surface area (Å²) < 4.78 is 0. The molecule has 0 spiro atoms. The smallest absolute Gasteiger partial charge is 0.101 e. The lowest BCUT2D eigenvalue weighted by Crippen LogP contribution is -1.77. The van der Waals surface area contributed by atoms with E-state index in [0.29, 0.717) is 0 Å². The number of thiazole rings is 2. The van der Waals surface area contributed by atoms with E-state index in [9.17, 15) is 0 Å². The molecule has 0 aromatic carbocycles. The standard InChI is InChI=1S/C8H8N2S2/c1-5-9-7(3-11-5)8-4-12-6(2)10-8/h3-4H,1-2H3. The first-order valence-electron chi connectivity index (χ1n) is 3.60. The Hall–Kier alpha value is -0.740. The molecule has 0 aliphatic rings. The predicted octanol–water partition coefficient (Wildman–Crippen LogP) is 2.88. The molecule has 2 nitrogen and oxygen atoms in total. The maximum atomic E-state index is 4.36. The van der Waals surface area contributed by atoms with Gasteiger partial charge in [-0.3, -0.25) is 0 Å². The molecule has 0 fully saturated rings. The third-order valence-electron chi connectivity index (χ3n) is 1.50. The molecule has 2 aromatic heterocycles. The van der Waals surface area contributed by atoms with Crippen LogP contribution >= 0.6 is 22.7 Å². The van der Waals surface area contributed by atoms with Crippen LogP contribution in [0.4, 0.5) is 0 Å². The van der Waals surface area contributed by atoms with E-state index >= 15 is 0 Å². The predicted molar refractivity (Wildman–Crippen MR) is 52.7 cm³/mol. The minimum Gasteiger partial charge on any atom is -0.240 e. The Morgan fingerprint density at radius 3 is 1.58 bits per heavy atom. The van der Waals surface area contributed by atoms with Crippen LogP contribution in [0, 0.1) is 13.8 Å². The Morgan fingerprint density at radius 2 is 1.33 bits per heavy atom. The fraction of sp³-hybridized carbons (Fsp3) is 0.250. The van der Waals surface area contributed by atoms with Gasteiger partial charge in [-0.25, -0.2) is 9.97 Å². The summed E-state index contributed by atoms with van der Waals surface area (Å²) in [5.41, 5.74) is 2.00. The van der Waals surface area contributed by atoms with Crippen LogP contribution in [0.2, 0.25) is 0 Å². The molecule has 2 aromatic rings. The zero-order chi connectivity index (χ0) is 8.55. The van der Waals surface area contributed by atoms with Crippen LogP contribution in [0.15, 0.2) is 10.8 Å². The molecule has 0 amide bonds. The second-order valence-electron chi connectivity index (χ2n) is 2.50. The highest BCUT2D eigenvalue weighted by Gasteiger charge is 2.04. The second-order valence-corrected chi connectivity index (χ2v) is 4.63. The maximum absolute atomic E-state index is 4.36. The van der Waals surface area contributed by atoms with E-state index in [4.69, 9.17) is 0 Å². The zero-order valence-corrected chi connectivity index (χ0v) is 8.50. The first-order valence-corrected chi connectivity index (χ1v) is 5.36. The van der Waals surface area contributed by atoms with Crippen LogP contribution in [0.25, 0.3) is 11.4 Å². The van der Waals surface area contributed by atoms with Crippen molar-refractivity contribution in [1.82, 2.24) is 9.97 Å². The van der Waals surface area contributed by atoms with Crippen molar-refractivity contribution in [2.75, 3.05) is 0 Å². The van der Waals surface area contributed by atoms with Crippen LogP contribution < -0.4 is 0 Å². The molecule has 0 bridgehead atoms. The number of aryl methyl sites for hydroxylation is 2. The summed E-state index contributed by atoms with van der Waals surface area (Å²) in [5, 5.41) is 6.28. The average molecular weight is 196 g/mol. The lowest BCUT2D eigenvalue weighted by atomic mass is 10.4. The number of rotatable bonds is 1. The number of aromatic nitrogens is 2. The molecule has 0 radical (unpaired) electrons. The van der Waals surface area contributed by atoms with Gasteiger partial charge >= 0.3 is 0 Å². The van der Waals surface area contributed by atoms with Gasteiger partial charge in [0.15, 0.2) is 0 Å². The third kappa shape index (κ3) is 1.40. The Morgan fingerprint density at radius 1 is 0.917 bits per heavy atom. The highest BCUT2D eigenvalue weighted by atomic mass is 32.1. The Bertz CT molecular complexity index is 351. The van der Waals surface area contributed by atoms with E-state index in [2.05, 4.69) is 9.97 Å². The number of hydrogen-bond donors (Lipinski definition) is 0. The van der Waals surface area contributed by atoms with Crippen molar-refractivity contribution in [3.63, 3.8) is 0 Å². The van der Waals surface area contributed by atoms with Crippen molar-refractivity contribution in [3.05, 3.63) is 20.8 Å². The van der Waals surface area contributed by atoms with E-state index in [1.165, 1.54) is 0 Å². The Kier molecular flexibility index (Phi) is 1.94. The van der Waals surface area contributed by atoms with Gasteiger partial charge in [0.25, 0.3) is 0 Å². The van der Waals surface area contributed by atoms with Crippen molar-refractivity contribution < 1.29 is 0 Å². The van der Waals surface area contributed by atoms with Crippen LogP contribution in [-0.4, -0.2) is 9.97 Å². The van der Waals surface area contributed by atoms with Gasteiger partial charge in [0, 0.05) is 10.8 Å². The second kappa shape index (κ2) is 2.95. The van der Waals surface area contributed by atoms with Gasteiger partial charge < -0.3 is 0 Å². The van der Waals surface area contributed by atoms with Crippen LogP contribution in [0.5, 0.6) is 0 Å². The van der Waals surface area contributed by atoms with Crippen molar-refractivity contribution in [1.29, 1.82) is 0 Å². The molecule has 2 heterocycles. The van der Waals surface area contributed by atoms with Gasteiger partial charge in [-0.15, -0.1) is 22.7 Å². The van der Waals surface area contributed by atoms with Gasteiger partial charge in [-0.05, 0) is 13.8 Å². The molecule has 62 valence electrons. The Labute approximate surface area is 78.9 Å². The summed E-state index contributed by atoms with van der Waals surface area (Å²) >= 11 is 3.32.